The molecule has 0 atom stereocenters. The van der Waals surface area contributed by atoms with Crippen molar-refractivity contribution in [2.24, 2.45) is 0 Å². The van der Waals surface area contributed by atoms with E-state index in [-0.39, 0.29) is 29.8 Å². The molecule has 2 aromatic rings. The molecule has 2 aromatic carbocycles. The molecule has 7 nitrogen and oxygen atoms in total. The lowest BCUT2D eigenvalue weighted by Gasteiger charge is -2.34. The lowest BCUT2D eigenvalue weighted by atomic mass is 10.1. The predicted molar refractivity (Wildman–Crippen MR) is 111 cm³/mol. The van der Waals surface area contributed by atoms with Gasteiger partial charge in [-0.25, -0.2) is 8.42 Å². The zero-order valence-electron chi connectivity index (χ0n) is 16.6. The van der Waals surface area contributed by atoms with Gasteiger partial charge in [0.1, 0.15) is 0 Å². The van der Waals surface area contributed by atoms with Gasteiger partial charge < -0.3 is 10.2 Å². The van der Waals surface area contributed by atoms with Crippen molar-refractivity contribution in [2.75, 3.05) is 31.5 Å². The number of nitrogens with one attached hydrogen (secondary N) is 1. The van der Waals surface area contributed by atoms with Crippen molar-refractivity contribution < 1.29 is 18.0 Å². The van der Waals surface area contributed by atoms with E-state index < -0.39 is 10.0 Å². The van der Waals surface area contributed by atoms with Crippen LogP contribution in [0.15, 0.2) is 53.4 Å². The molecule has 0 saturated carbocycles. The maximum atomic E-state index is 12.9. The highest BCUT2D eigenvalue weighted by atomic mass is 32.2. The largest absolute Gasteiger partial charge is 0.336 e. The molecule has 8 heteroatoms. The molecule has 1 heterocycles. The molecular formula is C21H25N3O4S. The van der Waals surface area contributed by atoms with Gasteiger partial charge in [0.2, 0.25) is 15.9 Å². The maximum absolute atomic E-state index is 12.9. The Kier molecular flexibility index (Phi) is 6.34. The minimum atomic E-state index is -3.57. The Hall–Kier alpha value is -2.71. The highest BCUT2D eigenvalue weighted by Gasteiger charge is 2.30. The zero-order chi connectivity index (χ0) is 21.0. The van der Waals surface area contributed by atoms with Crippen molar-refractivity contribution in [2.45, 2.75) is 25.2 Å². The number of hydrogen-bond donors (Lipinski definition) is 1. The lowest BCUT2D eigenvalue weighted by molar-refractivity contribution is -0.114. The van der Waals surface area contributed by atoms with E-state index in [0.29, 0.717) is 24.3 Å². The topological polar surface area (TPSA) is 86.8 Å². The summed E-state index contributed by atoms with van der Waals surface area (Å²) in [5.41, 5.74) is 2.10. The Morgan fingerprint density at radius 2 is 1.66 bits per heavy atom. The number of benzene rings is 2. The Balaban J connectivity index is 1.66. The van der Waals surface area contributed by atoms with Crippen LogP contribution in [0.3, 0.4) is 0 Å². The number of amides is 2. The van der Waals surface area contributed by atoms with Crippen LogP contribution in [0.4, 0.5) is 5.69 Å². The van der Waals surface area contributed by atoms with E-state index in [4.69, 9.17) is 0 Å². The molecule has 0 bridgehead atoms. The maximum Gasteiger partial charge on any atom is 0.254 e. The van der Waals surface area contributed by atoms with Gasteiger partial charge in [0.05, 0.1) is 4.90 Å². The molecule has 0 unspecified atom stereocenters. The van der Waals surface area contributed by atoms with Crippen LogP contribution in [0.25, 0.3) is 0 Å². The predicted octanol–water partition coefficient (Wildman–Crippen LogP) is 2.35. The smallest absolute Gasteiger partial charge is 0.254 e. The van der Waals surface area contributed by atoms with Gasteiger partial charge in [-0.2, -0.15) is 4.31 Å². The fourth-order valence-corrected chi connectivity index (χ4v) is 4.72. The number of sulfonamides is 1. The van der Waals surface area contributed by atoms with Crippen molar-refractivity contribution in [1.82, 2.24) is 9.21 Å². The summed E-state index contributed by atoms with van der Waals surface area (Å²) in [5.74, 6) is -0.387. The third-order valence-electron chi connectivity index (χ3n) is 4.93. The first-order chi connectivity index (χ1) is 13.8. The third-order valence-corrected chi connectivity index (χ3v) is 6.84. The van der Waals surface area contributed by atoms with Gasteiger partial charge in [0.25, 0.3) is 5.91 Å². The van der Waals surface area contributed by atoms with Crippen LogP contribution in [0.2, 0.25) is 0 Å². The molecule has 0 spiro atoms. The molecule has 1 fully saturated rings. The average Bonchev–Trinajstić information content (AvgIpc) is 2.73. The molecule has 1 N–H and O–H groups in total. The number of aryl methyl sites for hydroxylation is 1. The minimum Gasteiger partial charge on any atom is -0.336 e. The van der Waals surface area contributed by atoms with Crippen molar-refractivity contribution in [3.63, 3.8) is 0 Å². The van der Waals surface area contributed by atoms with Crippen molar-refractivity contribution in [3.05, 3.63) is 59.7 Å². The third kappa shape index (κ3) is 4.83. The molecular weight excluding hydrogens is 390 g/mol. The van der Waals surface area contributed by atoms with E-state index in [1.165, 1.54) is 11.2 Å². The summed E-state index contributed by atoms with van der Waals surface area (Å²) in [6.45, 7) is 4.55. The molecule has 154 valence electrons. The number of carbonyl (C=O) groups excluding carboxylic acids is 2. The van der Waals surface area contributed by atoms with E-state index >= 15 is 0 Å². The quantitative estimate of drug-likeness (QED) is 0.812. The van der Waals surface area contributed by atoms with E-state index in [1.807, 2.05) is 19.1 Å². The standard InChI is InChI=1S/C21H25N3O4S/c1-3-17-7-9-20(10-8-17)29(27,28)24-13-11-23(12-14-24)21(26)18-5-4-6-19(15-18)22-16(2)25/h4-10,15H,3,11-14H2,1-2H3,(H,22,25). The molecule has 2 amide bonds. The number of anilines is 1. The zero-order valence-corrected chi connectivity index (χ0v) is 17.4. The van der Waals surface area contributed by atoms with Gasteiger partial charge in [0, 0.05) is 44.4 Å². The highest BCUT2D eigenvalue weighted by Crippen LogP contribution is 2.20. The Morgan fingerprint density at radius 1 is 1.00 bits per heavy atom. The Labute approximate surface area is 171 Å². The summed E-state index contributed by atoms with van der Waals surface area (Å²) in [6.07, 6.45) is 0.851. The summed E-state index contributed by atoms with van der Waals surface area (Å²) in [4.78, 5) is 25.9. The minimum absolute atomic E-state index is 0.179. The molecule has 3 rings (SSSR count). The van der Waals surface area contributed by atoms with Gasteiger partial charge in [-0.15, -0.1) is 0 Å². The van der Waals surface area contributed by atoms with Crippen molar-refractivity contribution in [3.8, 4) is 0 Å². The molecule has 1 saturated heterocycles. The van der Waals surface area contributed by atoms with Gasteiger partial charge in [-0.05, 0) is 42.3 Å². The van der Waals surface area contributed by atoms with Crippen molar-refractivity contribution >= 4 is 27.5 Å². The first kappa shape index (κ1) is 21.0. The highest BCUT2D eigenvalue weighted by molar-refractivity contribution is 7.89. The summed E-state index contributed by atoms with van der Waals surface area (Å²) >= 11 is 0. The second-order valence-corrected chi connectivity index (χ2v) is 8.89. The summed E-state index contributed by atoms with van der Waals surface area (Å²) in [5, 5.41) is 2.66. The first-order valence-corrected chi connectivity index (χ1v) is 11.0. The second kappa shape index (κ2) is 8.75. The summed E-state index contributed by atoms with van der Waals surface area (Å²) in [7, 11) is -3.57. The van der Waals surface area contributed by atoms with Crippen LogP contribution in [-0.4, -0.2) is 55.6 Å². The fraction of sp³-hybridized carbons (Fsp3) is 0.333. The Bertz CT molecular complexity index is 995. The van der Waals surface area contributed by atoms with Crippen molar-refractivity contribution in [1.29, 1.82) is 0 Å². The van der Waals surface area contributed by atoms with Crippen LogP contribution in [0.5, 0.6) is 0 Å². The van der Waals surface area contributed by atoms with Gasteiger partial charge in [0.15, 0.2) is 0 Å². The lowest BCUT2D eigenvalue weighted by Crippen LogP contribution is -2.50. The second-order valence-electron chi connectivity index (χ2n) is 6.96. The van der Waals surface area contributed by atoms with Crippen LogP contribution in [0.1, 0.15) is 29.8 Å². The number of hydrogen-bond acceptors (Lipinski definition) is 4. The van der Waals surface area contributed by atoms with Crippen LogP contribution in [-0.2, 0) is 21.2 Å². The van der Waals surface area contributed by atoms with E-state index in [2.05, 4.69) is 5.32 Å². The molecule has 29 heavy (non-hydrogen) atoms. The number of rotatable bonds is 5. The Morgan fingerprint density at radius 3 is 2.24 bits per heavy atom. The normalized spacial score (nSPS) is 15.2. The van der Waals surface area contributed by atoms with Gasteiger partial charge >= 0.3 is 0 Å². The van der Waals surface area contributed by atoms with Gasteiger partial charge in [-0.3, -0.25) is 9.59 Å². The molecule has 0 radical (unpaired) electrons. The molecule has 0 aliphatic carbocycles. The molecule has 1 aliphatic heterocycles. The molecule has 1 aliphatic rings. The van der Waals surface area contributed by atoms with Gasteiger partial charge in [-0.1, -0.05) is 25.1 Å². The fourth-order valence-electron chi connectivity index (χ4n) is 3.29. The number of carbonyl (C=O) groups is 2. The summed E-state index contributed by atoms with van der Waals surface area (Å²) < 4.78 is 27.1. The monoisotopic (exact) mass is 415 g/mol. The van der Waals surface area contributed by atoms with E-state index in [1.54, 1.807) is 41.3 Å². The van der Waals surface area contributed by atoms with Crippen LogP contribution >= 0.6 is 0 Å². The number of piperazine rings is 1. The number of nitrogens with zero attached hydrogens (tertiary/aromatic N) is 2. The average molecular weight is 416 g/mol. The van der Waals surface area contributed by atoms with Crippen LogP contribution in [0, 0.1) is 0 Å². The van der Waals surface area contributed by atoms with E-state index in [0.717, 1.165) is 12.0 Å². The summed E-state index contributed by atoms with van der Waals surface area (Å²) in [6, 6.07) is 13.7. The SMILES string of the molecule is CCc1ccc(S(=O)(=O)N2CCN(C(=O)c3cccc(NC(C)=O)c3)CC2)cc1. The first-order valence-electron chi connectivity index (χ1n) is 9.57. The van der Waals surface area contributed by atoms with Crippen LogP contribution < -0.4 is 5.32 Å². The van der Waals surface area contributed by atoms with E-state index in [9.17, 15) is 18.0 Å². The molecule has 0 aromatic heterocycles.